The summed E-state index contributed by atoms with van der Waals surface area (Å²) in [5, 5.41) is 12.8. The van der Waals surface area contributed by atoms with Gasteiger partial charge in [-0.25, -0.2) is 19.3 Å². The molecule has 3 aromatic rings. The Bertz CT molecular complexity index is 1160. The molecule has 0 saturated carbocycles. The minimum Gasteiger partial charge on any atom is -0.382 e. The van der Waals surface area contributed by atoms with Crippen molar-refractivity contribution in [2.24, 2.45) is 0 Å². The number of nitriles is 1. The van der Waals surface area contributed by atoms with Crippen LogP contribution in [0.5, 0.6) is 0 Å². The maximum absolute atomic E-state index is 14.3. The molecule has 3 heterocycles. The summed E-state index contributed by atoms with van der Waals surface area (Å²) >= 11 is 0. The van der Waals surface area contributed by atoms with Crippen molar-refractivity contribution in [3.63, 3.8) is 0 Å². The van der Waals surface area contributed by atoms with Crippen LogP contribution in [-0.2, 0) is 11.3 Å². The molecule has 9 nitrogen and oxygen atoms in total. The number of nitrogen functional groups attached to an aromatic ring is 1. The first-order chi connectivity index (χ1) is 14.6. The molecule has 0 unspecified atom stereocenters. The lowest BCUT2D eigenvalue weighted by molar-refractivity contribution is 0.0302. The minimum absolute atomic E-state index is 0.0390. The number of fused-ring (bicyclic) bond motifs is 1. The number of morpholine rings is 1. The van der Waals surface area contributed by atoms with Gasteiger partial charge in [-0.05, 0) is 12.1 Å². The number of hydrogen-bond donors (Lipinski definition) is 2. The Balaban J connectivity index is 1.73. The summed E-state index contributed by atoms with van der Waals surface area (Å²) in [5.41, 5.74) is 6.66. The van der Waals surface area contributed by atoms with Gasteiger partial charge in [-0.1, -0.05) is 12.1 Å². The van der Waals surface area contributed by atoms with Crippen LogP contribution in [-0.4, -0.2) is 52.1 Å². The number of hydrogen-bond acceptors (Lipinski definition) is 8. The summed E-state index contributed by atoms with van der Waals surface area (Å²) in [6.07, 6.45) is 1.23. The topological polar surface area (TPSA) is 130 Å². The number of nitrogens with two attached hydrogens (primary N) is 1. The van der Waals surface area contributed by atoms with Gasteiger partial charge in [0.05, 0.1) is 31.0 Å². The third-order valence-corrected chi connectivity index (χ3v) is 4.82. The van der Waals surface area contributed by atoms with Crippen LogP contribution in [0.1, 0.15) is 21.6 Å². The molecule has 30 heavy (non-hydrogen) atoms. The fourth-order valence-electron chi connectivity index (χ4n) is 3.27. The Kier molecular flexibility index (Phi) is 5.36. The molecule has 1 fully saturated rings. The van der Waals surface area contributed by atoms with E-state index in [0.717, 1.165) is 0 Å². The minimum atomic E-state index is -0.483. The highest BCUT2D eigenvalue weighted by atomic mass is 19.1. The van der Waals surface area contributed by atoms with Gasteiger partial charge in [0, 0.05) is 18.5 Å². The number of nitrogens with zero attached hydrogens (tertiary/aromatic N) is 5. The van der Waals surface area contributed by atoms with E-state index in [0.29, 0.717) is 42.9 Å². The maximum atomic E-state index is 14.3. The number of para-hydroxylation sites is 1. The van der Waals surface area contributed by atoms with Crippen molar-refractivity contribution >= 4 is 28.4 Å². The Morgan fingerprint density at radius 1 is 1.33 bits per heavy atom. The standard InChI is InChI=1S/C20H18FN7O2/c21-15-3-1-2-12-8-13(20(29)28-4-6-30-7-5-28)16(27-17(12)15)10-24-19-14(9-22)18(23)25-11-26-19/h1-3,8,11H,4-7,10H2,(H3,23,24,25,26). The summed E-state index contributed by atoms with van der Waals surface area (Å²) in [5.74, 6) is -0.443. The molecule has 0 aliphatic carbocycles. The summed E-state index contributed by atoms with van der Waals surface area (Å²) in [4.78, 5) is 27.1. The second-order valence-electron chi connectivity index (χ2n) is 6.65. The van der Waals surface area contributed by atoms with Gasteiger partial charge in [0.2, 0.25) is 0 Å². The molecule has 1 aliphatic heterocycles. The van der Waals surface area contributed by atoms with E-state index in [2.05, 4.69) is 20.3 Å². The molecule has 1 amide bonds. The van der Waals surface area contributed by atoms with Gasteiger partial charge in [-0.3, -0.25) is 4.79 Å². The maximum Gasteiger partial charge on any atom is 0.255 e. The number of rotatable bonds is 4. The highest BCUT2D eigenvalue weighted by molar-refractivity contribution is 5.99. The van der Waals surface area contributed by atoms with Gasteiger partial charge in [-0.15, -0.1) is 0 Å². The van der Waals surface area contributed by atoms with E-state index >= 15 is 0 Å². The zero-order valence-electron chi connectivity index (χ0n) is 15.9. The first-order valence-corrected chi connectivity index (χ1v) is 9.28. The number of anilines is 2. The number of carbonyl (C=O) groups is 1. The molecule has 3 N–H and O–H groups in total. The van der Waals surface area contributed by atoms with E-state index in [1.54, 1.807) is 23.1 Å². The number of halogens is 1. The zero-order chi connectivity index (χ0) is 21.1. The number of pyridine rings is 1. The molecule has 0 radical (unpaired) electrons. The largest absolute Gasteiger partial charge is 0.382 e. The van der Waals surface area contributed by atoms with Gasteiger partial charge in [0.25, 0.3) is 5.91 Å². The Labute approximate surface area is 171 Å². The highest BCUT2D eigenvalue weighted by Crippen LogP contribution is 2.23. The molecule has 10 heteroatoms. The fourth-order valence-corrected chi connectivity index (χ4v) is 3.27. The van der Waals surface area contributed by atoms with Gasteiger partial charge >= 0.3 is 0 Å². The van der Waals surface area contributed by atoms with Crippen LogP contribution in [0.25, 0.3) is 10.9 Å². The first kappa shape index (κ1) is 19.5. The third kappa shape index (κ3) is 3.70. The van der Waals surface area contributed by atoms with Crippen LogP contribution in [0.2, 0.25) is 0 Å². The lowest BCUT2D eigenvalue weighted by Gasteiger charge is -2.27. The molecule has 152 valence electrons. The molecular formula is C20H18FN7O2. The van der Waals surface area contributed by atoms with Crippen LogP contribution in [0.3, 0.4) is 0 Å². The summed E-state index contributed by atoms with van der Waals surface area (Å²) in [6, 6.07) is 8.18. The van der Waals surface area contributed by atoms with Gasteiger partial charge in [0.15, 0.2) is 0 Å². The second-order valence-corrected chi connectivity index (χ2v) is 6.65. The number of nitrogens with one attached hydrogen (secondary N) is 1. The molecule has 4 rings (SSSR count). The number of amides is 1. The Hall–Kier alpha value is -3.84. The number of carbonyl (C=O) groups excluding carboxylic acids is 1. The van der Waals surface area contributed by atoms with Crippen molar-refractivity contribution in [3.8, 4) is 6.07 Å². The normalized spacial score (nSPS) is 13.8. The lowest BCUT2D eigenvalue weighted by atomic mass is 10.1. The SMILES string of the molecule is N#Cc1c(N)ncnc1NCc1nc2c(F)cccc2cc1C(=O)N1CCOCC1. The summed E-state index contributed by atoms with van der Waals surface area (Å²) in [7, 11) is 0. The van der Waals surface area contributed by atoms with Gasteiger partial charge in [-0.2, -0.15) is 5.26 Å². The van der Waals surface area contributed by atoms with Crippen molar-refractivity contribution in [1.29, 1.82) is 5.26 Å². The molecule has 1 aliphatic rings. The van der Waals surface area contributed by atoms with Gasteiger partial charge in [0.1, 0.15) is 40.9 Å². The first-order valence-electron chi connectivity index (χ1n) is 9.28. The number of ether oxygens (including phenoxy) is 1. The zero-order valence-corrected chi connectivity index (χ0v) is 15.9. The molecular weight excluding hydrogens is 389 g/mol. The molecule has 1 aromatic carbocycles. The Morgan fingerprint density at radius 3 is 2.90 bits per heavy atom. The summed E-state index contributed by atoms with van der Waals surface area (Å²) in [6.45, 7) is 1.89. The van der Waals surface area contributed by atoms with E-state index in [1.807, 2.05) is 6.07 Å². The lowest BCUT2D eigenvalue weighted by Crippen LogP contribution is -2.41. The van der Waals surface area contributed by atoms with E-state index in [1.165, 1.54) is 12.4 Å². The summed E-state index contributed by atoms with van der Waals surface area (Å²) < 4.78 is 19.6. The van der Waals surface area contributed by atoms with Gasteiger partial charge < -0.3 is 20.7 Å². The highest BCUT2D eigenvalue weighted by Gasteiger charge is 2.23. The average Bonchev–Trinajstić information content (AvgIpc) is 2.77. The molecule has 0 spiro atoms. The number of benzene rings is 1. The Morgan fingerprint density at radius 2 is 2.13 bits per heavy atom. The smallest absolute Gasteiger partial charge is 0.255 e. The van der Waals surface area contributed by atoms with Crippen molar-refractivity contribution in [2.45, 2.75) is 6.54 Å². The quantitative estimate of drug-likeness (QED) is 0.668. The van der Waals surface area contributed by atoms with Crippen LogP contribution in [0.15, 0.2) is 30.6 Å². The van der Waals surface area contributed by atoms with Crippen LogP contribution in [0.4, 0.5) is 16.0 Å². The fraction of sp³-hybridized carbons (Fsp3) is 0.250. The molecule has 1 saturated heterocycles. The number of aromatic nitrogens is 3. The monoisotopic (exact) mass is 407 g/mol. The van der Waals surface area contributed by atoms with Crippen molar-refractivity contribution < 1.29 is 13.9 Å². The van der Waals surface area contributed by atoms with E-state index in [9.17, 15) is 14.4 Å². The molecule has 0 bridgehead atoms. The predicted octanol–water partition coefficient (Wildman–Crippen LogP) is 1.70. The van der Waals surface area contributed by atoms with Crippen molar-refractivity contribution in [1.82, 2.24) is 19.9 Å². The van der Waals surface area contributed by atoms with E-state index in [-0.39, 0.29) is 35.2 Å². The second kappa shape index (κ2) is 8.26. The third-order valence-electron chi connectivity index (χ3n) is 4.82. The van der Waals surface area contributed by atoms with Crippen LogP contribution >= 0.6 is 0 Å². The predicted molar refractivity (Wildman–Crippen MR) is 107 cm³/mol. The van der Waals surface area contributed by atoms with Crippen molar-refractivity contribution in [3.05, 3.63) is 53.2 Å². The molecule has 2 aromatic heterocycles. The average molecular weight is 407 g/mol. The van der Waals surface area contributed by atoms with Crippen molar-refractivity contribution in [2.75, 3.05) is 37.4 Å². The van der Waals surface area contributed by atoms with E-state index < -0.39 is 5.82 Å². The molecule has 0 atom stereocenters. The van der Waals surface area contributed by atoms with E-state index in [4.69, 9.17) is 10.5 Å². The van der Waals surface area contributed by atoms with Crippen LogP contribution in [0, 0.1) is 17.1 Å². The van der Waals surface area contributed by atoms with Crippen LogP contribution < -0.4 is 11.1 Å².